The van der Waals surface area contributed by atoms with Gasteiger partial charge in [0.1, 0.15) is 11.3 Å². The van der Waals surface area contributed by atoms with E-state index in [2.05, 4.69) is 10.1 Å². The molecule has 4 nitrogen and oxygen atoms in total. The molecule has 118 valence electrons. The van der Waals surface area contributed by atoms with Gasteiger partial charge in [-0.25, -0.2) is 0 Å². The van der Waals surface area contributed by atoms with E-state index in [-0.39, 0.29) is 16.5 Å². The molecule has 1 heterocycles. The number of amides is 1. The summed E-state index contributed by atoms with van der Waals surface area (Å²) in [5.41, 5.74) is 0.929. The van der Waals surface area contributed by atoms with E-state index in [0.29, 0.717) is 11.3 Å². The molecule has 0 aliphatic rings. The molecule has 3 rings (SSSR count). The monoisotopic (exact) mass is 337 g/mol. The molecule has 23 heavy (non-hydrogen) atoms. The summed E-state index contributed by atoms with van der Waals surface area (Å²) in [6.07, 6.45) is 0. The molecule has 1 N–H and O–H groups in total. The van der Waals surface area contributed by atoms with Crippen molar-refractivity contribution in [3.8, 4) is 5.75 Å². The van der Waals surface area contributed by atoms with Crippen LogP contribution in [0.15, 0.2) is 52.9 Å². The number of benzene rings is 2. The molecule has 0 unspecified atom stereocenters. The fourth-order valence-corrected chi connectivity index (χ4v) is 2.28. The quantitative estimate of drug-likeness (QED) is 0.733. The number of anilines is 1. The Balaban J connectivity index is 1.78. The summed E-state index contributed by atoms with van der Waals surface area (Å²) in [5, 5.41) is 3.35. The zero-order valence-electron chi connectivity index (χ0n) is 11.6. The van der Waals surface area contributed by atoms with Crippen LogP contribution in [0.1, 0.15) is 10.6 Å². The summed E-state index contributed by atoms with van der Waals surface area (Å²) in [5.74, 6) is -0.501. The number of fused-ring (bicyclic) bond motifs is 1. The average Bonchev–Trinajstić information content (AvgIpc) is 2.94. The Bertz CT molecular complexity index is 830. The van der Waals surface area contributed by atoms with Crippen LogP contribution < -0.4 is 10.1 Å². The Morgan fingerprint density at radius 3 is 2.65 bits per heavy atom. The van der Waals surface area contributed by atoms with Crippen molar-refractivity contribution in [1.29, 1.82) is 0 Å². The van der Waals surface area contributed by atoms with Crippen LogP contribution in [0.5, 0.6) is 5.75 Å². The number of carbonyl (C=O) groups is 1. The first kappa shape index (κ1) is 15.3. The first-order chi connectivity index (χ1) is 11.0. The van der Waals surface area contributed by atoms with Gasteiger partial charge in [-0.1, -0.05) is 29.8 Å². The highest BCUT2D eigenvalue weighted by molar-refractivity contribution is 6.32. The molecular weight excluding hydrogens is 328 g/mol. The lowest BCUT2D eigenvalue weighted by Gasteiger charge is -2.08. The highest BCUT2D eigenvalue weighted by atomic mass is 35.5. The largest absolute Gasteiger partial charge is 0.451 e. The lowest BCUT2D eigenvalue weighted by atomic mass is 10.2. The molecule has 2 aromatic carbocycles. The number of halogens is 3. The number of alkyl halides is 2. The van der Waals surface area contributed by atoms with E-state index in [1.165, 1.54) is 18.2 Å². The van der Waals surface area contributed by atoms with Crippen LogP contribution >= 0.6 is 11.6 Å². The molecule has 0 radical (unpaired) electrons. The first-order valence-electron chi connectivity index (χ1n) is 6.57. The molecule has 0 aliphatic carbocycles. The number of ether oxygens (including phenoxy) is 1. The van der Waals surface area contributed by atoms with E-state index < -0.39 is 12.5 Å². The molecule has 0 atom stereocenters. The Labute approximate surface area is 134 Å². The van der Waals surface area contributed by atoms with Gasteiger partial charge in [0, 0.05) is 11.1 Å². The van der Waals surface area contributed by atoms with Gasteiger partial charge < -0.3 is 14.5 Å². The minimum atomic E-state index is -2.97. The number of hydrogen-bond donors (Lipinski definition) is 1. The van der Waals surface area contributed by atoms with Crippen LogP contribution in [0, 0.1) is 0 Å². The summed E-state index contributed by atoms with van der Waals surface area (Å²) in [4.78, 5) is 12.2. The third kappa shape index (κ3) is 3.43. The summed E-state index contributed by atoms with van der Waals surface area (Å²) >= 11 is 5.83. The van der Waals surface area contributed by atoms with E-state index in [4.69, 9.17) is 16.0 Å². The van der Waals surface area contributed by atoms with Gasteiger partial charge in [0.05, 0.1) is 5.02 Å². The number of rotatable bonds is 4. The Hall–Kier alpha value is -2.60. The average molecular weight is 338 g/mol. The summed E-state index contributed by atoms with van der Waals surface area (Å²) in [6.45, 7) is -2.97. The zero-order chi connectivity index (χ0) is 16.4. The van der Waals surface area contributed by atoms with Crippen molar-refractivity contribution in [2.24, 2.45) is 0 Å². The molecule has 0 spiro atoms. The Morgan fingerprint density at radius 2 is 1.96 bits per heavy atom. The van der Waals surface area contributed by atoms with Crippen molar-refractivity contribution in [3.05, 3.63) is 59.3 Å². The molecule has 0 fully saturated rings. The number of nitrogens with one attached hydrogen (secondary N) is 1. The second kappa shape index (κ2) is 6.26. The third-order valence-corrected chi connectivity index (χ3v) is 3.35. The summed E-state index contributed by atoms with van der Waals surface area (Å²) in [6, 6.07) is 12.8. The zero-order valence-corrected chi connectivity index (χ0v) is 12.3. The van der Waals surface area contributed by atoms with Gasteiger partial charge >= 0.3 is 6.61 Å². The smallest absolute Gasteiger partial charge is 0.387 e. The number of furan rings is 1. The third-order valence-electron chi connectivity index (χ3n) is 3.06. The van der Waals surface area contributed by atoms with Crippen LogP contribution in [-0.4, -0.2) is 12.5 Å². The highest BCUT2D eigenvalue weighted by Crippen LogP contribution is 2.29. The molecule has 0 saturated heterocycles. The minimum absolute atomic E-state index is 0.0345. The number of hydrogen-bond acceptors (Lipinski definition) is 3. The van der Waals surface area contributed by atoms with Gasteiger partial charge in [-0.05, 0) is 30.3 Å². The van der Waals surface area contributed by atoms with E-state index in [1.807, 2.05) is 12.1 Å². The highest BCUT2D eigenvalue weighted by Gasteiger charge is 2.14. The lowest BCUT2D eigenvalue weighted by Crippen LogP contribution is -2.11. The van der Waals surface area contributed by atoms with E-state index >= 15 is 0 Å². The van der Waals surface area contributed by atoms with Gasteiger partial charge in [0.15, 0.2) is 5.76 Å². The van der Waals surface area contributed by atoms with Crippen LogP contribution in [0.2, 0.25) is 5.02 Å². The van der Waals surface area contributed by atoms with E-state index in [9.17, 15) is 13.6 Å². The lowest BCUT2D eigenvalue weighted by molar-refractivity contribution is -0.0497. The van der Waals surface area contributed by atoms with Crippen LogP contribution in [0.3, 0.4) is 0 Å². The summed E-state index contributed by atoms with van der Waals surface area (Å²) < 4.78 is 34.0. The van der Waals surface area contributed by atoms with Crippen molar-refractivity contribution in [2.45, 2.75) is 6.61 Å². The van der Waals surface area contributed by atoms with Crippen molar-refractivity contribution in [2.75, 3.05) is 5.32 Å². The topological polar surface area (TPSA) is 51.5 Å². The first-order valence-corrected chi connectivity index (χ1v) is 6.95. The molecule has 1 amide bonds. The molecule has 0 aliphatic heterocycles. The normalized spacial score (nSPS) is 11.0. The van der Waals surface area contributed by atoms with Crippen LogP contribution in [0.4, 0.5) is 14.5 Å². The molecule has 7 heteroatoms. The van der Waals surface area contributed by atoms with E-state index in [0.717, 1.165) is 5.39 Å². The fourth-order valence-electron chi connectivity index (χ4n) is 2.06. The SMILES string of the molecule is O=C(Nc1ccc(OC(F)F)c(Cl)c1)c1cc2ccccc2o1. The van der Waals surface area contributed by atoms with Gasteiger partial charge in [-0.3, -0.25) is 4.79 Å². The maximum Gasteiger partial charge on any atom is 0.387 e. The van der Waals surface area contributed by atoms with Crippen molar-refractivity contribution >= 4 is 34.2 Å². The predicted octanol–water partition coefficient (Wildman–Crippen LogP) is 4.94. The second-order valence-electron chi connectivity index (χ2n) is 4.63. The Morgan fingerprint density at radius 1 is 1.17 bits per heavy atom. The maximum atomic E-state index is 12.2. The van der Waals surface area contributed by atoms with Gasteiger partial charge in [-0.15, -0.1) is 0 Å². The van der Waals surface area contributed by atoms with Gasteiger partial charge in [0.2, 0.25) is 0 Å². The molecule has 1 aromatic heterocycles. The Kier molecular flexibility index (Phi) is 4.16. The van der Waals surface area contributed by atoms with Crippen molar-refractivity contribution in [1.82, 2.24) is 0 Å². The predicted molar refractivity (Wildman–Crippen MR) is 82.3 cm³/mol. The molecule has 0 bridgehead atoms. The number of para-hydroxylation sites is 1. The molecule has 3 aromatic rings. The van der Waals surface area contributed by atoms with Crippen molar-refractivity contribution in [3.63, 3.8) is 0 Å². The maximum absolute atomic E-state index is 12.2. The van der Waals surface area contributed by atoms with Crippen LogP contribution in [-0.2, 0) is 0 Å². The number of carbonyl (C=O) groups excluding carboxylic acids is 1. The van der Waals surface area contributed by atoms with Crippen LogP contribution in [0.25, 0.3) is 11.0 Å². The minimum Gasteiger partial charge on any atom is -0.451 e. The van der Waals surface area contributed by atoms with Gasteiger partial charge in [-0.2, -0.15) is 8.78 Å². The second-order valence-corrected chi connectivity index (χ2v) is 5.03. The summed E-state index contributed by atoms with van der Waals surface area (Å²) in [7, 11) is 0. The standard InChI is InChI=1S/C16H10ClF2NO3/c17-11-8-10(5-6-13(11)23-16(18)19)20-15(21)14-7-9-3-1-2-4-12(9)22-14/h1-8,16H,(H,20,21). The van der Waals surface area contributed by atoms with Crippen molar-refractivity contribution < 1.29 is 22.7 Å². The van der Waals surface area contributed by atoms with Gasteiger partial charge in [0.25, 0.3) is 5.91 Å². The van der Waals surface area contributed by atoms with E-state index in [1.54, 1.807) is 18.2 Å². The molecule has 0 saturated carbocycles. The molecular formula is C16H10ClF2NO3. The fraction of sp³-hybridized carbons (Fsp3) is 0.0625.